The number of pyridine rings is 2. The van der Waals surface area contributed by atoms with Crippen LogP contribution in [0.1, 0.15) is 12.1 Å². The van der Waals surface area contributed by atoms with Crippen LogP contribution in [0.3, 0.4) is 0 Å². The van der Waals surface area contributed by atoms with E-state index in [1.54, 1.807) is 12.3 Å². The molecule has 35 heavy (non-hydrogen) atoms. The number of carbonyl (C=O) groups is 1. The smallest absolute Gasteiger partial charge is 0.393 e. The summed E-state index contributed by atoms with van der Waals surface area (Å²) in [5.41, 5.74) is 3.28. The van der Waals surface area contributed by atoms with Gasteiger partial charge in [-0.15, -0.1) is 0 Å². The first kappa shape index (κ1) is 25.0. The number of aliphatic hydroxyl groups excluding tert-OH is 1. The van der Waals surface area contributed by atoms with Crippen LogP contribution < -0.4 is 15.0 Å². The fourth-order valence-electron chi connectivity index (χ4n) is 4.18. The molecule has 2 aromatic rings. The van der Waals surface area contributed by atoms with Gasteiger partial charge in [-0.3, -0.25) is 4.98 Å². The number of aryl methyl sites for hydroxylation is 1. The molecule has 0 unspecified atom stereocenters. The Morgan fingerprint density at radius 2 is 2.00 bits per heavy atom. The van der Waals surface area contributed by atoms with Crippen LogP contribution in [-0.4, -0.2) is 84.8 Å². The highest BCUT2D eigenvalue weighted by molar-refractivity contribution is 5.90. The molecule has 2 aliphatic rings. The van der Waals surface area contributed by atoms with E-state index in [1.807, 2.05) is 13.0 Å². The summed E-state index contributed by atoms with van der Waals surface area (Å²) >= 11 is 0. The van der Waals surface area contributed by atoms with Crippen LogP contribution >= 0.6 is 0 Å². The predicted octanol–water partition coefficient (Wildman–Crippen LogP) is 3.08. The van der Waals surface area contributed by atoms with Crippen molar-refractivity contribution in [1.82, 2.24) is 14.9 Å². The number of amides is 2. The lowest BCUT2D eigenvalue weighted by Gasteiger charge is -2.30. The normalized spacial score (nSPS) is 18.6. The summed E-state index contributed by atoms with van der Waals surface area (Å²) in [6.45, 7) is 3.92. The van der Waals surface area contributed by atoms with Crippen LogP contribution in [0.5, 0.6) is 5.88 Å². The average Bonchev–Trinajstić information content (AvgIpc) is 3.36. The highest BCUT2D eigenvalue weighted by Crippen LogP contribution is 2.35. The Balaban J connectivity index is 1.55. The molecule has 9 nitrogen and oxygen atoms in total. The number of anilines is 2. The second-order valence-electron chi connectivity index (χ2n) is 8.48. The van der Waals surface area contributed by atoms with Crippen molar-refractivity contribution in [3.63, 3.8) is 0 Å². The average molecular weight is 496 g/mol. The topological polar surface area (TPSA) is 100 Å². The SMILES string of the molecule is Cc1ncc(NC(=O)N2CC[C@@H](C(F)(F)F)C2)cc1-c1cnc(OCCO)c(N2CCOCC2)c1. The number of carbonyl (C=O) groups excluding carboxylic acids is 1. The van der Waals surface area contributed by atoms with Gasteiger partial charge in [0.15, 0.2) is 0 Å². The third-order valence-electron chi connectivity index (χ3n) is 6.10. The quantitative estimate of drug-likeness (QED) is 0.635. The number of halogens is 3. The van der Waals surface area contributed by atoms with E-state index in [0.29, 0.717) is 49.1 Å². The molecule has 4 rings (SSSR count). The van der Waals surface area contributed by atoms with Crippen molar-refractivity contribution in [2.45, 2.75) is 19.5 Å². The molecule has 2 fully saturated rings. The number of urea groups is 1. The highest BCUT2D eigenvalue weighted by Gasteiger charge is 2.44. The molecule has 190 valence electrons. The number of nitrogens with one attached hydrogen (secondary N) is 1. The summed E-state index contributed by atoms with van der Waals surface area (Å²) in [7, 11) is 0. The zero-order chi connectivity index (χ0) is 25.0. The number of rotatable bonds is 6. The molecule has 0 bridgehead atoms. The van der Waals surface area contributed by atoms with E-state index in [2.05, 4.69) is 20.2 Å². The minimum absolute atomic E-state index is 0.0459. The Morgan fingerprint density at radius 3 is 2.69 bits per heavy atom. The Bertz CT molecular complexity index is 1050. The van der Waals surface area contributed by atoms with Gasteiger partial charge in [-0.25, -0.2) is 9.78 Å². The number of hydrogen-bond donors (Lipinski definition) is 2. The van der Waals surface area contributed by atoms with Crippen LogP contribution in [0, 0.1) is 12.8 Å². The zero-order valence-corrected chi connectivity index (χ0v) is 19.3. The Hall–Kier alpha value is -3.12. The summed E-state index contributed by atoms with van der Waals surface area (Å²) in [6.07, 6.45) is -1.31. The van der Waals surface area contributed by atoms with E-state index >= 15 is 0 Å². The summed E-state index contributed by atoms with van der Waals surface area (Å²) in [5, 5.41) is 11.8. The van der Waals surface area contributed by atoms with Crippen LogP contribution in [-0.2, 0) is 4.74 Å². The summed E-state index contributed by atoms with van der Waals surface area (Å²) in [5.74, 6) is -1.11. The van der Waals surface area contributed by atoms with Crippen molar-refractivity contribution >= 4 is 17.4 Å². The fourth-order valence-corrected chi connectivity index (χ4v) is 4.18. The van der Waals surface area contributed by atoms with Gasteiger partial charge in [0.05, 0.1) is 37.6 Å². The van der Waals surface area contributed by atoms with Gasteiger partial charge in [0.2, 0.25) is 5.88 Å². The molecule has 2 N–H and O–H groups in total. The number of hydrogen-bond acceptors (Lipinski definition) is 7. The van der Waals surface area contributed by atoms with Crippen LogP contribution in [0.2, 0.25) is 0 Å². The Morgan fingerprint density at radius 1 is 1.23 bits per heavy atom. The lowest BCUT2D eigenvalue weighted by atomic mass is 10.0. The molecule has 12 heteroatoms. The molecule has 1 atom stereocenters. The van der Waals surface area contributed by atoms with E-state index in [1.165, 1.54) is 11.1 Å². The lowest BCUT2D eigenvalue weighted by molar-refractivity contribution is -0.169. The van der Waals surface area contributed by atoms with Gasteiger partial charge < -0.3 is 29.7 Å². The first-order valence-corrected chi connectivity index (χ1v) is 11.4. The van der Waals surface area contributed by atoms with E-state index in [4.69, 9.17) is 14.6 Å². The summed E-state index contributed by atoms with van der Waals surface area (Å²) in [4.78, 5) is 24.6. The minimum atomic E-state index is -4.31. The van der Waals surface area contributed by atoms with E-state index in [0.717, 1.165) is 11.3 Å². The van der Waals surface area contributed by atoms with Crippen LogP contribution in [0.15, 0.2) is 24.5 Å². The molecular weight excluding hydrogens is 467 g/mol. The zero-order valence-electron chi connectivity index (χ0n) is 19.3. The predicted molar refractivity (Wildman–Crippen MR) is 123 cm³/mol. The summed E-state index contributed by atoms with van der Waals surface area (Å²) in [6, 6.07) is 3.05. The minimum Gasteiger partial charge on any atom is -0.474 e. The maximum atomic E-state index is 13.0. The van der Waals surface area contributed by atoms with Gasteiger partial charge in [0.1, 0.15) is 12.3 Å². The molecule has 2 aromatic heterocycles. The van der Waals surface area contributed by atoms with Crippen LogP contribution in [0.25, 0.3) is 11.1 Å². The molecule has 4 heterocycles. The van der Waals surface area contributed by atoms with Crippen molar-refractivity contribution in [2.24, 2.45) is 5.92 Å². The first-order valence-electron chi connectivity index (χ1n) is 11.4. The molecule has 2 saturated heterocycles. The number of nitrogens with zero attached hydrogens (tertiary/aromatic N) is 4. The number of morpholine rings is 1. The van der Waals surface area contributed by atoms with Crippen LogP contribution in [0.4, 0.5) is 29.3 Å². The summed E-state index contributed by atoms with van der Waals surface area (Å²) < 4.78 is 50.0. The monoisotopic (exact) mass is 495 g/mol. The largest absolute Gasteiger partial charge is 0.474 e. The second kappa shape index (κ2) is 10.6. The van der Waals surface area contributed by atoms with Crippen molar-refractivity contribution < 1.29 is 32.5 Å². The maximum absolute atomic E-state index is 13.0. The highest BCUT2D eigenvalue weighted by atomic mass is 19.4. The maximum Gasteiger partial charge on any atom is 0.393 e. The van der Waals surface area contributed by atoms with Gasteiger partial charge in [0, 0.05) is 49.2 Å². The van der Waals surface area contributed by atoms with Crippen molar-refractivity contribution in [3.05, 3.63) is 30.2 Å². The number of aliphatic hydroxyl groups is 1. The van der Waals surface area contributed by atoms with E-state index < -0.39 is 18.1 Å². The molecule has 0 spiro atoms. The lowest BCUT2D eigenvalue weighted by Crippen LogP contribution is -2.36. The molecule has 0 aromatic carbocycles. The second-order valence-corrected chi connectivity index (χ2v) is 8.48. The molecule has 0 radical (unpaired) electrons. The Kier molecular flexibility index (Phi) is 7.60. The number of ether oxygens (including phenoxy) is 2. The molecule has 0 saturated carbocycles. The standard InChI is InChI=1S/C23H28F3N5O4/c1-15-19(11-18(13-27-15)29-22(33)31-3-2-17(14-31)23(24,25)26)16-10-20(30-4-7-34-8-5-30)21(28-12-16)35-9-6-32/h10-13,17,32H,2-9,14H2,1H3,(H,29,33)/t17-/m1/s1. The number of likely N-dealkylation sites (tertiary alicyclic amines) is 1. The van der Waals surface area contributed by atoms with E-state index in [-0.39, 0.29) is 32.7 Å². The van der Waals surface area contributed by atoms with Gasteiger partial charge in [-0.1, -0.05) is 0 Å². The van der Waals surface area contributed by atoms with Crippen molar-refractivity contribution in [1.29, 1.82) is 0 Å². The molecular formula is C23H28F3N5O4. The third-order valence-corrected chi connectivity index (χ3v) is 6.10. The van der Waals surface area contributed by atoms with Gasteiger partial charge >= 0.3 is 12.2 Å². The molecule has 2 aliphatic heterocycles. The van der Waals surface area contributed by atoms with Gasteiger partial charge in [0.25, 0.3) is 0 Å². The van der Waals surface area contributed by atoms with Crippen molar-refractivity contribution in [2.75, 3.05) is 62.8 Å². The van der Waals surface area contributed by atoms with Crippen molar-refractivity contribution in [3.8, 4) is 17.0 Å². The van der Waals surface area contributed by atoms with Gasteiger partial charge in [-0.2, -0.15) is 13.2 Å². The number of aromatic nitrogens is 2. The first-order chi connectivity index (χ1) is 16.8. The molecule has 2 amide bonds. The third kappa shape index (κ3) is 5.93. The Labute approximate surface area is 200 Å². The van der Waals surface area contributed by atoms with E-state index in [9.17, 15) is 18.0 Å². The fraction of sp³-hybridized carbons (Fsp3) is 0.522. The van der Waals surface area contributed by atoms with Gasteiger partial charge in [-0.05, 0) is 25.5 Å². The number of alkyl halides is 3. The molecule has 0 aliphatic carbocycles.